The van der Waals surface area contributed by atoms with E-state index in [2.05, 4.69) is 9.97 Å². The Morgan fingerprint density at radius 1 is 0.722 bits per heavy atom. The summed E-state index contributed by atoms with van der Waals surface area (Å²) in [6, 6.07) is 6.79. The first-order valence-electron chi connectivity index (χ1n) is 5.43. The van der Waals surface area contributed by atoms with Crippen LogP contribution in [0.5, 0.6) is 0 Å². The highest BCUT2D eigenvalue weighted by Crippen LogP contribution is 1.95. The molecule has 0 atom stereocenters. The number of rotatable bonds is 2. The zero-order valence-corrected chi connectivity index (χ0v) is 10.3. The summed E-state index contributed by atoms with van der Waals surface area (Å²) >= 11 is 0. The second-order valence-corrected chi connectivity index (χ2v) is 3.58. The van der Waals surface area contributed by atoms with Crippen LogP contribution in [0.1, 0.15) is 34.6 Å². The predicted octanol–water partition coefficient (Wildman–Crippen LogP) is 2.57. The Morgan fingerprint density at radius 3 is 1.17 bits per heavy atom. The summed E-state index contributed by atoms with van der Waals surface area (Å²) in [4.78, 5) is 28.8. The average molecular weight is 242 g/mol. The van der Waals surface area contributed by atoms with Crippen molar-refractivity contribution in [3.63, 3.8) is 0 Å². The van der Waals surface area contributed by atoms with Crippen molar-refractivity contribution in [3.05, 3.63) is 60.2 Å². The van der Waals surface area contributed by atoms with Crippen LogP contribution in [0.2, 0.25) is 0 Å². The molecule has 4 nitrogen and oxygen atoms in total. The number of pyridine rings is 2. The first-order valence-corrected chi connectivity index (χ1v) is 5.43. The van der Waals surface area contributed by atoms with E-state index in [1.165, 1.54) is 13.8 Å². The van der Waals surface area contributed by atoms with Gasteiger partial charge in [-0.15, -0.1) is 0 Å². The number of hydrogen-bond acceptors (Lipinski definition) is 4. The lowest BCUT2D eigenvalue weighted by atomic mass is 10.2. The third-order valence-corrected chi connectivity index (χ3v) is 2.17. The van der Waals surface area contributed by atoms with E-state index >= 15 is 0 Å². The minimum Gasteiger partial charge on any atom is -0.295 e. The van der Waals surface area contributed by atoms with E-state index < -0.39 is 0 Å². The molecule has 2 rings (SSSR count). The molecule has 0 aliphatic carbocycles. The fourth-order valence-electron chi connectivity index (χ4n) is 1.17. The maximum Gasteiger partial charge on any atom is 0.159 e. The van der Waals surface area contributed by atoms with Gasteiger partial charge in [0, 0.05) is 35.9 Å². The van der Waals surface area contributed by atoms with Crippen molar-refractivity contribution in [2.45, 2.75) is 13.8 Å². The maximum atomic E-state index is 10.6. The van der Waals surface area contributed by atoms with Crippen LogP contribution in [-0.4, -0.2) is 21.5 Å². The number of carbonyl (C=O) groups excluding carboxylic acids is 2. The largest absolute Gasteiger partial charge is 0.295 e. The highest BCUT2D eigenvalue weighted by molar-refractivity contribution is 5.94. The van der Waals surface area contributed by atoms with Gasteiger partial charge in [0.2, 0.25) is 0 Å². The van der Waals surface area contributed by atoms with Crippen LogP contribution in [-0.2, 0) is 0 Å². The molecule has 0 radical (unpaired) electrons. The summed E-state index contributed by atoms with van der Waals surface area (Å²) < 4.78 is 0. The lowest BCUT2D eigenvalue weighted by Crippen LogP contribution is -1.89. The molecule has 0 fully saturated rings. The van der Waals surface area contributed by atoms with Crippen molar-refractivity contribution < 1.29 is 9.59 Å². The number of hydrogen-bond donors (Lipinski definition) is 0. The Morgan fingerprint density at radius 2 is 1.00 bits per heavy atom. The van der Waals surface area contributed by atoms with Crippen LogP contribution >= 0.6 is 0 Å². The molecular weight excluding hydrogens is 228 g/mol. The third kappa shape index (κ3) is 4.65. The standard InChI is InChI=1S/2C7H7NO/c2*1-6(9)7-2-4-8-5-3-7/h2*2-5H,1H3. The molecule has 2 aromatic rings. The maximum absolute atomic E-state index is 10.6. The van der Waals surface area contributed by atoms with Gasteiger partial charge >= 0.3 is 0 Å². The van der Waals surface area contributed by atoms with Gasteiger partial charge in [-0.2, -0.15) is 0 Å². The van der Waals surface area contributed by atoms with Crippen LogP contribution in [0.3, 0.4) is 0 Å². The van der Waals surface area contributed by atoms with E-state index in [-0.39, 0.29) is 11.6 Å². The molecule has 2 heterocycles. The molecule has 2 aromatic heterocycles. The van der Waals surface area contributed by atoms with Gasteiger partial charge in [-0.1, -0.05) is 0 Å². The number of aromatic nitrogens is 2. The molecule has 18 heavy (non-hydrogen) atoms. The first kappa shape index (κ1) is 13.7. The molecule has 0 bridgehead atoms. The Hall–Kier alpha value is -2.36. The van der Waals surface area contributed by atoms with Crippen LogP contribution in [0, 0.1) is 0 Å². The SMILES string of the molecule is CC(=O)c1ccncc1.CC(=O)c1ccncc1. The summed E-state index contributed by atoms with van der Waals surface area (Å²) in [6.07, 6.45) is 6.43. The van der Waals surface area contributed by atoms with Gasteiger partial charge in [0.25, 0.3) is 0 Å². The van der Waals surface area contributed by atoms with Crippen molar-refractivity contribution in [1.82, 2.24) is 9.97 Å². The van der Waals surface area contributed by atoms with Crippen LogP contribution in [0.4, 0.5) is 0 Å². The summed E-state index contributed by atoms with van der Waals surface area (Å²) in [6.45, 7) is 3.07. The third-order valence-electron chi connectivity index (χ3n) is 2.17. The van der Waals surface area contributed by atoms with Gasteiger partial charge < -0.3 is 0 Å². The fraction of sp³-hybridized carbons (Fsp3) is 0.143. The van der Waals surface area contributed by atoms with E-state index in [4.69, 9.17) is 0 Å². The monoisotopic (exact) mass is 242 g/mol. The normalized spacial score (nSPS) is 9.00. The summed E-state index contributed by atoms with van der Waals surface area (Å²) in [5, 5.41) is 0. The summed E-state index contributed by atoms with van der Waals surface area (Å²) in [5.74, 6) is 0.162. The number of nitrogens with zero attached hydrogens (tertiary/aromatic N) is 2. The summed E-state index contributed by atoms with van der Waals surface area (Å²) in [5.41, 5.74) is 1.43. The van der Waals surface area contributed by atoms with Crippen molar-refractivity contribution in [2.75, 3.05) is 0 Å². The number of Topliss-reactive ketones (excluding diaryl/α,β-unsaturated/α-hetero) is 2. The smallest absolute Gasteiger partial charge is 0.159 e. The van der Waals surface area contributed by atoms with Gasteiger partial charge in [-0.05, 0) is 38.1 Å². The molecule has 0 saturated heterocycles. The van der Waals surface area contributed by atoms with Crippen LogP contribution in [0.15, 0.2) is 49.1 Å². The molecule has 0 aromatic carbocycles. The zero-order valence-electron chi connectivity index (χ0n) is 10.3. The van der Waals surface area contributed by atoms with E-state index in [0.29, 0.717) is 11.1 Å². The van der Waals surface area contributed by atoms with Gasteiger partial charge in [0.15, 0.2) is 11.6 Å². The Kier molecular flexibility index (Phi) is 5.38. The molecule has 0 N–H and O–H groups in total. The van der Waals surface area contributed by atoms with Gasteiger partial charge in [0.1, 0.15) is 0 Å². The van der Waals surface area contributed by atoms with Crippen molar-refractivity contribution in [3.8, 4) is 0 Å². The fourth-order valence-corrected chi connectivity index (χ4v) is 1.17. The second kappa shape index (κ2) is 7.06. The average Bonchev–Trinajstić information content (AvgIpc) is 2.41. The molecule has 0 spiro atoms. The predicted molar refractivity (Wildman–Crippen MR) is 68.5 cm³/mol. The Balaban J connectivity index is 0.000000180. The molecule has 0 saturated carbocycles. The minimum absolute atomic E-state index is 0.0809. The van der Waals surface area contributed by atoms with E-state index in [0.717, 1.165) is 0 Å². The molecule has 0 amide bonds. The van der Waals surface area contributed by atoms with Gasteiger partial charge in [-0.25, -0.2) is 0 Å². The van der Waals surface area contributed by atoms with Crippen molar-refractivity contribution in [1.29, 1.82) is 0 Å². The Labute approximate surface area is 106 Å². The molecular formula is C14H14N2O2. The first-order chi connectivity index (χ1) is 8.61. The zero-order chi connectivity index (χ0) is 13.4. The highest BCUT2D eigenvalue weighted by Gasteiger charge is 1.94. The molecule has 4 heteroatoms. The van der Waals surface area contributed by atoms with Crippen LogP contribution in [0.25, 0.3) is 0 Å². The number of ketones is 2. The highest BCUT2D eigenvalue weighted by atomic mass is 16.1. The van der Waals surface area contributed by atoms with E-state index in [9.17, 15) is 9.59 Å². The lowest BCUT2D eigenvalue weighted by Gasteiger charge is -1.88. The van der Waals surface area contributed by atoms with E-state index in [1.54, 1.807) is 49.1 Å². The topological polar surface area (TPSA) is 59.9 Å². The lowest BCUT2D eigenvalue weighted by molar-refractivity contribution is 0.100. The summed E-state index contributed by atoms with van der Waals surface area (Å²) in [7, 11) is 0. The quantitative estimate of drug-likeness (QED) is 0.759. The molecule has 0 aliphatic rings. The van der Waals surface area contributed by atoms with Gasteiger partial charge in [0.05, 0.1) is 0 Å². The number of carbonyl (C=O) groups is 2. The Bertz CT molecular complexity index is 460. The second-order valence-electron chi connectivity index (χ2n) is 3.58. The molecule has 0 unspecified atom stereocenters. The molecule has 92 valence electrons. The van der Waals surface area contributed by atoms with Crippen LogP contribution < -0.4 is 0 Å². The van der Waals surface area contributed by atoms with Crippen molar-refractivity contribution in [2.24, 2.45) is 0 Å². The van der Waals surface area contributed by atoms with Crippen molar-refractivity contribution >= 4 is 11.6 Å². The van der Waals surface area contributed by atoms with E-state index in [1.807, 2.05) is 0 Å². The molecule has 0 aliphatic heterocycles. The van der Waals surface area contributed by atoms with Gasteiger partial charge in [-0.3, -0.25) is 19.6 Å². The minimum atomic E-state index is 0.0809.